The van der Waals surface area contributed by atoms with Gasteiger partial charge in [-0.15, -0.1) is 0 Å². The Balaban J connectivity index is 2.05. The van der Waals surface area contributed by atoms with Crippen LogP contribution >= 0.6 is 0 Å². The van der Waals surface area contributed by atoms with E-state index in [0.29, 0.717) is 23.5 Å². The van der Waals surface area contributed by atoms with Gasteiger partial charge in [-0.2, -0.15) is 0 Å². The summed E-state index contributed by atoms with van der Waals surface area (Å²) in [6, 6.07) is 4.34. The molecule has 1 aliphatic heterocycles. The molecule has 1 aromatic rings. The Bertz CT molecular complexity index is 556. The third kappa shape index (κ3) is 3.88. The number of nitrogens with zero attached hydrogens (tertiary/aromatic N) is 1. The van der Waals surface area contributed by atoms with Crippen molar-refractivity contribution in [2.45, 2.75) is 18.9 Å². The highest BCUT2D eigenvalue weighted by Gasteiger charge is 2.21. The first kappa shape index (κ1) is 16.1. The van der Waals surface area contributed by atoms with Crippen molar-refractivity contribution in [1.29, 1.82) is 0 Å². The van der Waals surface area contributed by atoms with E-state index < -0.39 is 5.91 Å². The molecule has 120 valence electrons. The Morgan fingerprint density at radius 3 is 2.86 bits per heavy atom. The molecule has 7 nitrogen and oxygen atoms in total. The summed E-state index contributed by atoms with van der Waals surface area (Å²) in [6.07, 6.45) is 2.06. The minimum Gasteiger partial charge on any atom is -0.495 e. The molecule has 0 unspecified atom stereocenters. The van der Waals surface area contributed by atoms with E-state index in [1.165, 1.54) is 13.2 Å². The highest BCUT2D eigenvalue weighted by Crippen LogP contribution is 2.25. The number of carbonyl (C=O) groups excluding carboxylic acids is 2. The second-order valence-electron chi connectivity index (χ2n) is 5.23. The van der Waals surface area contributed by atoms with Gasteiger partial charge in [0.05, 0.1) is 18.9 Å². The summed E-state index contributed by atoms with van der Waals surface area (Å²) in [5.74, 6) is -0.102. The van der Waals surface area contributed by atoms with E-state index in [1.54, 1.807) is 24.1 Å². The van der Waals surface area contributed by atoms with E-state index in [9.17, 15) is 9.59 Å². The number of hydrogen-bond donors (Lipinski definition) is 2. The smallest absolute Gasteiger partial charge is 0.321 e. The van der Waals surface area contributed by atoms with Crippen LogP contribution in [0.5, 0.6) is 5.75 Å². The van der Waals surface area contributed by atoms with E-state index in [2.05, 4.69) is 5.32 Å². The van der Waals surface area contributed by atoms with Gasteiger partial charge in [0.15, 0.2) is 0 Å². The number of urea groups is 1. The van der Waals surface area contributed by atoms with Gasteiger partial charge in [0.1, 0.15) is 5.75 Å². The fourth-order valence-electron chi connectivity index (χ4n) is 2.35. The first-order valence-electron chi connectivity index (χ1n) is 7.13. The molecular weight excluding hydrogens is 286 g/mol. The summed E-state index contributed by atoms with van der Waals surface area (Å²) in [4.78, 5) is 25.0. The molecule has 1 saturated heterocycles. The Hall–Kier alpha value is -2.28. The summed E-state index contributed by atoms with van der Waals surface area (Å²) < 4.78 is 10.7. The number of nitrogens with one attached hydrogen (secondary N) is 1. The predicted octanol–water partition coefficient (Wildman–Crippen LogP) is 1.44. The molecule has 1 aliphatic rings. The van der Waals surface area contributed by atoms with Gasteiger partial charge in [0, 0.05) is 25.8 Å². The third-order valence-electron chi connectivity index (χ3n) is 3.57. The predicted molar refractivity (Wildman–Crippen MR) is 82.1 cm³/mol. The van der Waals surface area contributed by atoms with Crippen LogP contribution < -0.4 is 15.8 Å². The van der Waals surface area contributed by atoms with Crippen molar-refractivity contribution < 1.29 is 19.1 Å². The first-order valence-corrected chi connectivity index (χ1v) is 7.13. The van der Waals surface area contributed by atoms with Crippen LogP contribution in [0.1, 0.15) is 23.2 Å². The van der Waals surface area contributed by atoms with Gasteiger partial charge in [0.25, 0.3) is 0 Å². The standard InChI is InChI=1S/C15H21N3O4/c1-18(9-11-4-3-7-22-11)15(20)17-12-8-10(14(16)19)5-6-13(12)21-2/h5-6,8,11H,3-4,7,9H2,1-2H3,(H2,16,19)(H,17,20)/t11-/m0/s1. The monoisotopic (exact) mass is 307 g/mol. The average molecular weight is 307 g/mol. The number of primary amides is 1. The number of amides is 3. The Kier molecular flexibility index (Phi) is 5.21. The van der Waals surface area contributed by atoms with Crippen molar-refractivity contribution in [2.24, 2.45) is 5.73 Å². The number of hydrogen-bond acceptors (Lipinski definition) is 4. The molecule has 1 fully saturated rings. The summed E-state index contributed by atoms with van der Waals surface area (Å²) >= 11 is 0. The molecule has 7 heteroatoms. The molecule has 1 heterocycles. The molecule has 22 heavy (non-hydrogen) atoms. The van der Waals surface area contributed by atoms with Crippen LogP contribution in [0.25, 0.3) is 0 Å². The molecule has 0 aliphatic carbocycles. The number of methoxy groups -OCH3 is 1. The molecule has 0 radical (unpaired) electrons. The van der Waals surface area contributed by atoms with Crippen molar-refractivity contribution in [3.8, 4) is 5.75 Å². The van der Waals surface area contributed by atoms with E-state index in [-0.39, 0.29) is 12.1 Å². The molecule has 0 saturated carbocycles. The normalized spacial score (nSPS) is 17.1. The number of benzene rings is 1. The zero-order valence-corrected chi connectivity index (χ0v) is 12.8. The molecule has 2 rings (SSSR count). The maximum absolute atomic E-state index is 12.2. The second-order valence-corrected chi connectivity index (χ2v) is 5.23. The zero-order chi connectivity index (χ0) is 16.1. The minimum atomic E-state index is -0.564. The Morgan fingerprint density at radius 1 is 1.50 bits per heavy atom. The average Bonchev–Trinajstić information content (AvgIpc) is 2.99. The second kappa shape index (κ2) is 7.13. The van der Waals surface area contributed by atoms with Crippen LogP contribution in [0.15, 0.2) is 18.2 Å². The molecule has 0 aromatic heterocycles. The molecular formula is C15H21N3O4. The third-order valence-corrected chi connectivity index (χ3v) is 3.57. The van der Waals surface area contributed by atoms with Gasteiger partial charge in [-0.1, -0.05) is 0 Å². The summed E-state index contributed by atoms with van der Waals surface area (Å²) in [6.45, 7) is 1.26. The summed E-state index contributed by atoms with van der Waals surface area (Å²) in [7, 11) is 3.19. The minimum absolute atomic E-state index is 0.0783. The van der Waals surface area contributed by atoms with Crippen LogP contribution in [0.3, 0.4) is 0 Å². The largest absolute Gasteiger partial charge is 0.495 e. The maximum Gasteiger partial charge on any atom is 0.321 e. The molecule has 3 N–H and O–H groups in total. The van der Waals surface area contributed by atoms with Crippen LogP contribution in [0.4, 0.5) is 10.5 Å². The molecule has 3 amide bonds. The van der Waals surface area contributed by atoms with Crippen molar-refractivity contribution in [3.63, 3.8) is 0 Å². The van der Waals surface area contributed by atoms with Crippen molar-refractivity contribution in [1.82, 2.24) is 4.90 Å². The van der Waals surface area contributed by atoms with Crippen LogP contribution in [-0.4, -0.2) is 50.3 Å². The summed E-state index contributed by atoms with van der Waals surface area (Å²) in [5.41, 5.74) is 5.96. The van der Waals surface area contributed by atoms with Gasteiger partial charge in [0.2, 0.25) is 5.91 Å². The van der Waals surface area contributed by atoms with Crippen molar-refractivity contribution in [2.75, 3.05) is 32.6 Å². The lowest BCUT2D eigenvalue weighted by Gasteiger charge is -2.22. The summed E-state index contributed by atoms with van der Waals surface area (Å²) in [5, 5.41) is 2.73. The van der Waals surface area contributed by atoms with Gasteiger partial charge >= 0.3 is 6.03 Å². The van der Waals surface area contributed by atoms with E-state index >= 15 is 0 Å². The lowest BCUT2D eigenvalue weighted by Crippen LogP contribution is -2.37. The lowest BCUT2D eigenvalue weighted by molar-refractivity contribution is 0.0894. The lowest BCUT2D eigenvalue weighted by atomic mass is 10.1. The number of carbonyl (C=O) groups is 2. The molecule has 1 aromatic carbocycles. The highest BCUT2D eigenvalue weighted by atomic mass is 16.5. The number of anilines is 1. The van der Waals surface area contributed by atoms with Crippen LogP contribution in [-0.2, 0) is 4.74 Å². The van der Waals surface area contributed by atoms with Gasteiger partial charge < -0.3 is 25.4 Å². The van der Waals surface area contributed by atoms with E-state index in [4.69, 9.17) is 15.2 Å². The maximum atomic E-state index is 12.2. The molecule has 1 atom stereocenters. The number of ether oxygens (including phenoxy) is 2. The van der Waals surface area contributed by atoms with E-state index in [0.717, 1.165) is 19.4 Å². The van der Waals surface area contributed by atoms with Gasteiger partial charge in [-0.3, -0.25) is 4.79 Å². The first-order chi connectivity index (χ1) is 10.5. The number of likely N-dealkylation sites (N-methyl/N-ethyl adjacent to an activating group) is 1. The SMILES string of the molecule is COc1ccc(C(N)=O)cc1NC(=O)N(C)C[C@@H]1CCCO1. The Morgan fingerprint density at radius 2 is 2.27 bits per heavy atom. The molecule has 0 spiro atoms. The fourth-order valence-corrected chi connectivity index (χ4v) is 2.35. The van der Waals surface area contributed by atoms with Crippen LogP contribution in [0.2, 0.25) is 0 Å². The van der Waals surface area contributed by atoms with E-state index in [1.807, 2.05) is 0 Å². The molecule has 0 bridgehead atoms. The van der Waals surface area contributed by atoms with Gasteiger partial charge in [-0.25, -0.2) is 4.79 Å². The fraction of sp³-hybridized carbons (Fsp3) is 0.467. The topological polar surface area (TPSA) is 93.9 Å². The van der Waals surface area contributed by atoms with Gasteiger partial charge in [-0.05, 0) is 31.0 Å². The van der Waals surface area contributed by atoms with Crippen molar-refractivity contribution >= 4 is 17.6 Å². The zero-order valence-electron chi connectivity index (χ0n) is 12.8. The van der Waals surface area contributed by atoms with Crippen LogP contribution in [0, 0.1) is 0 Å². The highest BCUT2D eigenvalue weighted by molar-refractivity contribution is 5.97. The number of nitrogens with two attached hydrogens (primary N) is 1. The quantitative estimate of drug-likeness (QED) is 0.860. The Labute approximate surface area is 129 Å². The number of rotatable bonds is 5. The van der Waals surface area contributed by atoms with Crippen molar-refractivity contribution in [3.05, 3.63) is 23.8 Å².